The van der Waals surface area contributed by atoms with E-state index in [0.717, 1.165) is 82.5 Å². The maximum absolute atomic E-state index is 5.20. The van der Waals surface area contributed by atoms with Gasteiger partial charge in [-0.3, -0.25) is 0 Å². The molecule has 0 bridgehead atoms. The van der Waals surface area contributed by atoms with E-state index in [-0.39, 0.29) is 11.1 Å². The molecule has 196 valence electrons. The summed E-state index contributed by atoms with van der Waals surface area (Å²) >= 11 is 0. The Morgan fingerprint density at radius 1 is 0.618 bits per heavy atom. The number of piperidine rings is 1. The molecule has 0 unspecified atom stereocenters. The van der Waals surface area contributed by atoms with Crippen molar-refractivity contribution in [1.29, 1.82) is 0 Å². The van der Waals surface area contributed by atoms with E-state index >= 15 is 0 Å². The molecule has 0 amide bonds. The second-order valence-electron chi connectivity index (χ2n) is 11.4. The number of anilines is 3. The largest absolute Gasteiger partial charge is 0.341 e. The fourth-order valence-electron chi connectivity index (χ4n) is 5.28. The lowest BCUT2D eigenvalue weighted by Crippen LogP contribution is -2.59. The van der Waals surface area contributed by atoms with Crippen molar-refractivity contribution in [2.45, 2.75) is 137 Å². The predicted molar refractivity (Wildman–Crippen MR) is 148 cm³/mol. The van der Waals surface area contributed by atoms with E-state index in [1.807, 2.05) is 0 Å². The lowest BCUT2D eigenvalue weighted by atomic mass is 9.80. The fourth-order valence-corrected chi connectivity index (χ4v) is 5.28. The van der Waals surface area contributed by atoms with E-state index in [2.05, 4.69) is 70.1 Å². The Labute approximate surface area is 210 Å². The molecule has 0 aliphatic carbocycles. The molecule has 2 rings (SSSR count). The van der Waals surface area contributed by atoms with Crippen LogP contribution in [0.5, 0.6) is 0 Å². The van der Waals surface area contributed by atoms with Crippen molar-refractivity contribution in [1.82, 2.24) is 15.0 Å². The molecule has 0 N–H and O–H groups in total. The Morgan fingerprint density at radius 2 is 0.971 bits per heavy atom. The first-order chi connectivity index (χ1) is 16.2. The highest BCUT2D eigenvalue weighted by Gasteiger charge is 2.43. The van der Waals surface area contributed by atoms with Gasteiger partial charge in [-0.05, 0) is 72.6 Å². The number of unbranched alkanes of at least 4 members (excludes halogenated alkanes) is 4. The molecule has 0 spiro atoms. The van der Waals surface area contributed by atoms with Crippen LogP contribution in [0.2, 0.25) is 0 Å². The van der Waals surface area contributed by atoms with E-state index < -0.39 is 0 Å². The Bertz CT molecular complexity index is 647. The lowest BCUT2D eigenvalue weighted by molar-refractivity contribution is 0.239. The second kappa shape index (κ2) is 13.5. The van der Waals surface area contributed by atoms with E-state index in [4.69, 9.17) is 15.0 Å². The van der Waals surface area contributed by atoms with Gasteiger partial charge in [0.1, 0.15) is 0 Å². The summed E-state index contributed by atoms with van der Waals surface area (Å²) in [5.74, 6) is 2.61. The molecule has 0 aromatic carbocycles. The van der Waals surface area contributed by atoms with Crippen molar-refractivity contribution in [3.8, 4) is 0 Å². The Hall–Kier alpha value is -1.59. The average molecular weight is 475 g/mol. The average Bonchev–Trinajstić information content (AvgIpc) is 2.78. The van der Waals surface area contributed by atoms with Crippen LogP contribution in [-0.4, -0.2) is 52.2 Å². The van der Waals surface area contributed by atoms with E-state index in [1.54, 1.807) is 0 Å². The van der Waals surface area contributed by atoms with Crippen LogP contribution in [-0.2, 0) is 0 Å². The summed E-state index contributed by atoms with van der Waals surface area (Å²) in [7, 11) is 0. The zero-order valence-electron chi connectivity index (χ0n) is 23.8. The van der Waals surface area contributed by atoms with Crippen molar-refractivity contribution < 1.29 is 0 Å². The number of rotatable bonds is 15. The molecule has 1 saturated heterocycles. The smallest absolute Gasteiger partial charge is 0.232 e. The zero-order valence-corrected chi connectivity index (χ0v) is 23.8. The van der Waals surface area contributed by atoms with Gasteiger partial charge in [0.05, 0.1) is 0 Å². The van der Waals surface area contributed by atoms with Crippen LogP contribution in [0.4, 0.5) is 17.8 Å². The summed E-state index contributed by atoms with van der Waals surface area (Å²) in [4.78, 5) is 22.9. The van der Waals surface area contributed by atoms with Crippen LogP contribution in [0.1, 0.15) is 126 Å². The van der Waals surface area contributed by atoms with Gasteiger partial charge < -0.3 is 14.7 Å². The van der Waals surface area contributed by atoms with Crippen molar-refractivity contribution >= 4 is 17.8 Å². The van der Waals surface area contributed by atoms with Gasteiger partial charge in [-0.25, -0.2) is 0 Å². The molecule has 0 saturated carbocycles. The predicted octanol–water partition coefficient (Wildman–Crippen LogP) is 7.23. The number of hydrogen-bond donors (Lipinski definition) is 0. The molecule has 2 heterocycles. The van der Waals surface area contributed by atoms with Crippen molar-refractivity contribution in [2.75, 3.05) is 40.9 Å². The third-order valence-electron chi connectivity index (χ3n) is 7.28. The summed E-state index contributed by atoms with van der Waals surface area (Å²) in [6.07, 6.45) is 12.9. The van der Waals surface area contributed by atoms with Crippen molar-refractivity contribution in [3.05, 3.63) is 0 Å². The summed E-state index contributed by atoms with van der Waals surface area (Å²) in [5, 5.41) is 0. The Morgan fingerprint density at radius 3 is 1.29 bits per heavy atom. The van der Waals surface area contributed by atoms with E-state index in [9.17, 15) is 0 Å². The van der Waals surface area contributed by atoms with Crippen molar-refractivity contribution in [2.24, 2.45) is 0 Å². The minimum atomic E-state index is 0.0208. The summed E-state index contributed by atoms with van der Waals surface area (Å²) in [5.41, 5.74) is 0.0416. The first kappa shape index (κ1) is 28.6. The van der Waals surface area contributed by atoms with Crippen LogP contribution < -0.4 is 14.7 Å². The highest BCUT2D eigenvalue weighted by atomic mass is 15.4. The molecule has 0 radical (unpaired) electrons. The summed E-state index contributed by atoms with van der Waals surface area (Å²) in [6.45, 7) is 22.5. The van der Waals surface area contributed by atoms with Gasteiger partial charge >= 0.3 is 0 Å². The van der Waals surface area contributed by atoms with Crippen LogP contribution in [0.3, 0.4) is 0 Å². The molecule has 1 aromatic rings. The summed E-state index contributed by atoms with van der Waals surface area (Å²) in [6, 6.07) is 0. The van der Waals surface area contributed by atoms with Gasteiger partial charge in [0.2, 0.25) is 17.8 Å². The first-order valence-corrected chi connectivity index (χ1v) is 14.3. The van der Waals surface area contributed by atoms with Crippen LogP contribution in [0, 0.1) is 0 Å². The van der Waals surface area contributed by atoms with E-state index in [1.165, 1.54) is 32.1 Å². The van der Waals surface area contributed by atoms with Gasteiger partial charge in [0.25, 0.3) is 0 Å². The quantitative estimate of drug-likeness (QED) is 0.267. The number of aromatic nitrogens is 3. The minimum absolute atomic E-state index is 0.0208. The van der Waals surface area contributed by atoms with Crippen LogP contribution >= 0.6 is 0 Å². The molecule has 6 nitrogen and oxygen atoms in total. The molecule has 1 aromatic heterocycles. The number of hydrogen-bond acceptors (Lipinski definition) is 6. The first-order valence-electron chi connectivity index (χ1n) is 14.3. The summed E-state index contributed by atoms with van der Waals surface area (Å²) < 4.78 is 0. The molecule has 1 fully saturated rings. The molecule has 6 heteroatoms. The van der Waals surface area contributed by atoms with E-state index in [0.29, 0.717) is 0 Å². The topological polar surface area (TPSA) is 48.4 Å². The highest BCUT2D eigenvalue weighted by Crippen LogP contribution is 2.41. The fraction of sp³-hybridized carbons (Fsp3) is 0.893. The minimum Gasteiger partial charge on any atom is -0.341 e. The Kier molecular flexibility index (Phi) is 11.4. The number of nitrogens with zero attached hydrogens (tertiary/aromatic N) is 6. The molecule has 0 atom stereocenters. The van der Waals surface area contributed by atoms with Crippen LogP contribution in [0.25, 0.3) is 0 Å². The molecule has 1 aliphatic heterocycles. The molecular formula is C28H54N6. The normalized spacial score (nSPS) is 17.1. The standard InChI is InChI=1S/C28H54N6/c1-9-13-20-32(21-14-10-2)24-29-25(33(22-15-11-3)23-16-12-4)31-26(30-24)34-27(5,6)18-17-19-28(34,7)8/h9-23H2,1-8H3. The monoisotopic (exact) mass is 474 g/mol. The molecule has 34 heavy (non-hydrogen) atoms. The van der Waals surface area contributed by atoms with Gasteiger partial charge in [-0.2, -0.15) is 15.0 Å². The third kappa shape index (κ3) is 7.71. The third-order valence-corrected chi connectivity index (χ3v) is 7.28. The lowest BCUT2D eigenvalue weighted by Gasteiger charge is -2.53. The molecular weight excluding hydrogens is 420 g/mol. The Balaban J connectivity index is 2.60. The SMILES string of the molecule is CCCCN(CCCC)c1nc(N(CCCC)CCCC)nc(N2C(C)(C)CCCC2(C)C)n1. The second-order valence-corrected chi connectivity index (χ2v) is 11.4. The van der Waals surface area contributed by atoms with Gasteiger partial charge in [0.15, 0.2) is 0 Å². The maximum Gasteiger partial charge on any atom is 0.232 e. The van der Waals surface area contributed by atoms with Gasteiger partial charge in [-0.15, -0.1) is 0 Å². The van der Waals surface area contributed by atoms with Gasteiger partial charge in [-0.1, -0.05) is 53.4 Å². The van der Waals surface area contributed by atoms with Crippen molar-refractivity contribution in [3.63, 3.8) is 0 Å². The highest BCUT2D eigenvalue weighted by molar-refractivity contribution is 5.50. The maximum atomic E-state index is 5.20. The molecule has 1 aliphatic rings. The zero-order chi connectivity index (χ0) is 25.2. The van der Waals surface area contributed by atoms with Gasteiger partial charge in [0, 0.05) is 37.3 Å². The van der Waals surface area contributed by atoms with Crippen LogP contribution in [0.15, 0.2) is 0 Å².